The largest absolute Gasteiger partial charge is 0.389 e. The van der Waals surface area contributed by atoms with Gasteiger partial charge in [-0.15, -0.1) is 0 Å². The van der Waals surface area contributed by atoms with E-state index in [0.29, 0.717) is 28.4 Å². The fourth-order valence-corrected chi connectivity index (χ4v) is 4.87. The number of nitrogens with zero attached hydrogens (tertiary/aromatic N) is 2. The predicted octanol–water partition coefficient (Wildman–Crippen LogP) is 4.23. The van der Waals surface area contributed by atoms with Crippen molar-refractivity contribution in [2.45, 2.75) is 49.4 Å². The molecule has 2 aromatic carbocycles. The maximum atomic E-state index is 13.1. The third-order valence-corrected chi connectivity index (χ3v) is 6.52. The number of para-hydroxylation sites is 1. The Bertz CT molecular complexity index is 979. The van der Waals surface area contributed by atoms with Gasteiger partial charge in [0.05, 0.1) is 23.0 Å². The smallest absolute Gasteiger partial charge is 0.262 e. The van der Waals surface area contributed by atoms with E-state index in [4.69, 9.17) is 4.98 Å². The Balaban J connectivity index is 1.70. The number of benzene rings is 2. The zero-order valence-electron chi connectivity index (χ0n) is 15.3. The van der Waals surface area contributed by atoms with E-state index >= 15 is 0 Å². The Morgan fingerprint density at radius 1 is 1.00 bits per heavy atom. The molecular formula is C22H24N2O2S. The molecule has 4 rings (SSSR count). The van der Waals surface area contributed by atoms with E-state index in [9.17, 15) is 9.90 Å². The number of thioether (sulfide) groups is 1. The van der Waals surface area contributed by atoms with E-state index in [1.165, 1.54) is 18.2 Å². The normalized spacial score (nSPS) is 16.5. The van der Waals surface area contributed by atoms with Crippen LogP contribution in [0.5, 0.6) is 0 Å². The lowest BCUT2D eigenvalue weighted by molar-refractivity contribution is 0.0272. The minimum atomic E-state index is -0.649. The molecular weight excluding hydrogens is 356 g/mol. The molecule has 140 valence electrons. The quantitative estimate of drug-likeness (QED) is 0.532. The third-order valence-electron chi connectivity index (χ3n) is 5.26. The SMILES string of the molecule is O=c1c2ccccc2nc(SCC2(O)CCCCC2)n1Cc1ccccc1. The summed E-state index contributed by atoms with van der Waals surface area (Å²) in [6, 6.07) is 17.4. The average molecular weight is 381 g/mol. The predicted molar refractivity (Wildman–Crippen MR) is 110 cm³/mol. The van der Waals surface area contributed by atoms with Crippen molar-refractivity contribution in [2.75, 3.05) is 5.75 Å². The maximum absolute atomic E-state index is 13.1. The molecule has 0 atom stereocenters. The highest BCUT2D eigenvalue weighted by Crippen LogP contribution is 2.33. The molecule has 27 heavy (non-hydrogen) atoms. The zero-order chi connectivity index (χ0) is 18.7. The number of hydrogen-bond acceptors (Lipinski definition) is 4. The number of rotatable bonds is 5. The van der Waals surface area contributed by atoms with Crippen molar-refractivity contribution in [1.29, 1.82) is 0 Å². The molecule has 0 bridgehead atoms. The second-order valence-corrected chi connectivity index (χ2v) is 8.30. The van der Waals surface area contributed by atoms with Gasteiger partial charge in [0, 0.05) is 5.75 Å². The fourth-order valence-electron chi connectivity index (χ4n) is 3.72. The second-order valence-electron chi connectivity index (χ2n) is 7.36. The summed E-state index contributed by atoms with van der Waals surface area (Å²) in [5.41, 5.74) is 1.10. The van der Waals surface area contributed by atoms with E-state index in [0.717, 1.165) is 31.2 Å². The molecule has 1 aromatic heterocycles. The molecule has 5 heteroatoms. The fraction of sp³-hybridized carbons (Fsp3) is 0.364. The molecule has 1 fully saturated rings. The van der Waals surface area contributed by atoms with Crippen LogP contribution in [0.15, 0.2) is 64.5 Å². The van der Waals surface area contributed by atoms with Crippen LogP contribution in [-0.4, -0.2) is 26.0 Å². The molecule has 1 saturated carbocycles. The van der Waals surface area contributed by atoms with E-state index in [1.807, 2.05) is 54.6 Å². The van der Waals surface area contributed by atoms with Crippen molar-refractivity contribution in [1.82, 2.24) is 9.55 Å². The van der Waals surface area contributed by atoms with Crippen molar-refractivity contribution in [3.05, 3.63) is 70.5 Å². The van der Waals surface area contributed by atoms with Gasteiger partial charge in [-0.25, -0.2) is 4.98 Å². The summed E-state index contributed by atoms with van der Waals surface area (Å²) in [7, 11) is 0. The van der Waals surface area contributed by atoms with Crippen molar-refractivity contribution >= 4 is 22.7 Å². The first kappa shape index (κ1) is 18.3. The molecule has 1 heterocycles. The summed E-state index contributed by atoms with van der Waals surface area (Å²) in [6.07, 6.45) is 4.99. The van der Waals surface area contributed by atoms with Crippen LogP contribution in [0.1, 0.15) is 37.7 Å². The standard InChI is InChI=1S/C22H24N2O2S/c25-20-18-11-5-6-12-19(18)23-21(24(20)15-17-9-3-1-4-10-17)27-16-22(26)13-7-2-8-14-22/h1,3-6,9-12,26H,2,7-8,13-16H2. The van der Waals surface area contributed by atoms with E-state index < -0.39 is 5.60 Å². The van der Waals surface area contributed by atoms with Crippen LogP contribution in [0, 0.1) is 0 Å². The summed E-state index contributed by atoms with van der Waals surface area (Å²) in [5.74, 6) is 0.576. The Labute approximate surface area is 163 Å². The highest BCUT2D eigenvalue weighted by Gasteiger charge is 2.30. The Morgan fingerprint density at radius 2 is 1.70 bits per heavy atom. The van der Waals surface area contributed by atoms with Crippen LogP contribution in [-0.2, 0) is 6.54 Å². The van der Waals surface area contributed by atoms with E-state index in [1.54, 1.807) is 4.57 Å². The first-order valence-electron chi connectivity index (χ1n) is 9.53. The van der Waals surface area contributed by atoms with Crippen LogP contribution in [0.2, 0.25) is 0 Å². The number of aromatic nitrogens is 2. The van der Waals surface area contributed by atoms with Crippen molar-refractivity contribution in [2.24, 2.45) is 0 Å². The first-order valence-corrected chi connectivity index (χ1v) is 10.5. The van der Waals surface area contributed by atoms with Crippen molar-refractivity contribution in [3.8, 4) is 0 Å². The molecule has 0 aliphatic heterocycles. The van der Waals surface area contributed by atoms with Gasteiger partial charge < -0.3 is 5.11 Å². The number of fused-ring (bicyclic) bond motifs is 1. The van der Waals surface area contributed by atoms with E-state index in [-0.39, 0.29) is 5.56 Å². The minimum Gasteiger partial charge on any atom is -0.389 e. The molecule has 3 aromatic rings. The van der Waals surface area contributed by atoms with Crippen molar-refractivity contribution < 1.29 is 5.11 Å². The van der Waals surface area contributed by atoms with Crippen LogP contribution >= 0.6 is 11.8 Å². The molecule has 0 unspecified atom stereocenters. The summed E-state index contributed by atoms with van der Waals surface area (Å²) < 4.78 is 1.74. The monoisotopic (exact) mass is 380 g/mol. The maximum Gasteiger partial charge on any atom is 0.262 e. The van der Waals surface area contributed by atoms with Crippen LogP contribution in [0.25, 0.3) is 10.9 Å². The molecule has 0 spiro atoms. The van der Waals surface area contributed by atoms with Crippen LogP contribution in [0.3, 0.4) is 0 Å². The van der Waals surface area contributed by atoms with Gasteiger partial charge in [0.25, 0.3) is 5.56 Å². The van der Waals surface area contributed by atoms with Crippen molar-refractivity contribution in [3.63, 3.8) is 0 Å². The molecule has 1 N–H and O–H groups in total. The summed E-state index contributed by atoms with van der Waals surface area (Å²) >= 11 is 1.50. The Morgan fingerprint density at radius 3 is 2.48 bits per heavy atom. The lowest BCUT2D eigenvalue weighted by Gasteiger charge is -2.31. The molecule has 1 aliphatic rings. The molecule has 1 aliphatic carbocycles. The van der Waals surface area contributed by atoms with Crippen LogP contribution < -0.4 is 5.56 Å². The van der Waals surface area contributed by atoms with Gasteiger partial charge in [-0.2, -0.15) is 0 Å². The minimum absolute atomic E-state index is 0.0254. The van der Waals surface area contributed by atoms with Crippen LogP contribution in [0.4, 0.5) is 0 Å². The third kappa shape index (κ3) is 4.09. The molecule has 0 saturated heterocycles. The average Bonchev–Trinajstić information content (AvgIpc) is 2.70. The van der Waals surface area contributed by atoms with Gasteiger partial charge in [0.2, 0.25) is 0 Å². The number of aliphatic hydroxyl groups is 1. The molecule has 4 nitrogen and oxygen atoms in total. The Kier molecular flexibility index (Phi) is 5.32. The highest BCUT2D eigenvalue weighted by molar-refractivity contribution is 7.99. The topological polar surface area (TPSA) is 55.1 Å². The van der Waals surface area contributed by atoms with Gasteiger partial charge in [-0.05, 0) is 30.5 Å². The van der Waals surface area contributed by atoms with Gasteiger partial charge >= 0.3 is 0 Å². The Hall–Kier alpha value is -2.11. The summed E-state index contributed by atoms with van der Waals surface area (Å²) in [6.45, 7) is 0.484. The molecule has 0 radical (unpaired) electrons. The summed E-state index contributed by atoms with van der Waals surface area (Å²) in [4.78, 5) is 17.9. The van der Waals surface area contributed by atoms with Gasteiger partial charge in [0.15, 0.2) is 5.16 Å². The van der Waals surface area contributed by atoms with Gasteiger partial charge in [-0.3, -0.25) is 9.36 Å². The van der Waals surface area contributed by atoms with E-state index in [2.05, 4.69) is 0 Å². The number of hydrogen-bond donors (Lipinski definition) is 1. The lowest BCUT2D eigenvalue weighted by atomic mass is 9.86. The highest BCUT2D eigenvalue weighted by atomic mass is 32.2. The first-order chi connectivity index (χ1) is 13.1. The second kappa shape index (κ2) is 7.87. The summed E-state index contributed by atoms with van der Waals surface area (Å²) in [5, 5.41) is 12.2. The lowest BCUT2D eigenvalue weighted by Crippen LogP contribution is -2.34. The van der Waals surface area contributed by atoms with Gasteiger partial charge in [0.1, 0.15) is 0 Å². The van der Waals surface area contributed by atoms with Gasteiger partial charge in [-0.1, -0.05) is 73.5 Å². The zero-order valence-corrected chi connectivity index (χ0v) is 16.1. The molecule has 0 amide bonds.